The molecule has 0 aromatic rings. The average molecular weight is 204 g/mol. The van der Waals surface area contributed by atoms with Gasteiger partial charge in [0.05, 0.1) is 18.6 Å². The van der Waals surface area contributed by atoms with Crippen LogP contribution < -0.4 is 0 Å². The summed E-state index contributed by atoms with van der Waals surface area (Å²) in [7, 11) is 3.15. The van der Waals surface area contributed by atoms with E-state index in [1.54, 1.807) is 21.1 Å². The number of carbonyl (C=O) groups is 1. The van der Waals surface area contributed by atoms with Gasteiger partial charge < -0.3 is 14.2 Å². The first kappa shape index (κ1) is 13.4. The van der Waals surface area contributed by atoms with Crippen LogP contribution in [0.5, 0.6) is 0 Å². The SMILES string of the molecule is COCC(C)C(=O)OC(C)C(C)OC. The van der Waals surface area contributed by atoms with E-state index in [1.807, 2.05) is 13.8 Å². The number of rotatable bonds is 6. The quantitative estimate of drug-likeness (QED) is 0.610. The highest BCUT2D eigenvalue weighted by Crippen LogP contribution is 2.06. The molecule has 84 valence electrons. The molecule has 0 aliphatic rings. The molecule has 3 atom stereocenters. The number of ether oxygens (including phenoxy) is 3. The van der Waals surface area contributed by atoms with Crippen LogP contribution in [0.3, 0.4) is 0 Å². The second kappa shape index (κ2) is 6.79. The molecule has 0 heterocycles. The molecule has 14 heavy (non-hydrogen) atoms. The fourth-order valence-electron chi connectivity index (χ4n) is 0.905. The molecule has 0 aromatic carbocycles. The van der Waals surface area contributed by atoms with Crippen LogP contribution in [0.2, 0.25) is 0 Å². The van der Waals surface area contributed by atoms with Crippen LogP contribution in [0.25, 0.3) is 0 Å². The van der Waals surface area contributed by atoms with Gasteiger partial charge in [-0.3, -0.25) is 4.79 Å². The Morgan fingerprint density at radius 2 is 1.71 bits per heavy atom. The molecule has 0 aliphatic heterocycles. The van der Waals surface area contributed by atoms with Gasteiger partial charge in [-0.05, 0) is 20.8 Å². The summed E-state index contributed by atoms with van der Waals surface area (Å²) in [4.78, 5) is 11.4. The van der Waals surface area contributed by atoms with Crippen molar-refractivity contribution in [3.8, 4) is 0 Å². The van der Waals surface area contributed by atoms with Gasteiger partial charge in [0.1, 0.15) is 6.10 Å². The summed E-state index contributed by atoms with van der Waals surface area (Å²) < 4.78 is 15.1. The lowest BCUT2D eigenvalue weighted by molar-refractivity contribution is -0.160. The minimum absolute atomic E-state index is 0.0892. The Morgan fingerprint density at radius 1 is 1.14 bits per heavy atom. The highest BCUT2D eigenvalue weighted by molar-refractivity contribution is 5.72. The van der Waals surface area contributed by atoms with Crippen molar-refractivity contribution in [2.45, 2.75) is 33.0 Å². The zero-order valence-electron chi connectivity index (χ0n) is 9.57. The Balaban J connectivity index is 3.92. The third kappa shape index (κ3) is 4.58. The predicted molar refractivity (Wildman–Crippen MR) is 53.1 cm³/mol. The molecule has 3 unspecified atom stereocenters. The lowest BCUT2D eigenvalue weighted by atomic mass is 10.2. The Bertz CT molecular complexity index is 170. The van der Waals surface area contributed by atoms with Gasteiger partial charge in [0, 0.05) is 14.2 Å². The van der Waals surface area contributed by atoms with Crippen molar-refractivity contribution in [3.63, 3.8) is 0 Å². The van der Waals surface area contributed by atoms with E-state index < -0.39 is 0 Å². The number of carbonyl (C=O) groups excluding carboxylic acids is 1. The molecule has 0 saturated heterocycles. The van der Waals surface area contributed by atoms with Crippen LogP contribution in [0.1, 0.15) is 20.8 Å². The molecule has 0 spiro atoms. The maximum atomic E-state index is 11.4. The first-order chi connectivity index (χ1) is 6.52. The molecule has 0 bridgehead atoms. The first-order valence-corrected chi connectivity index (χ1v) is 4.75. The molecule has 4 nitrogen and oxygen atoms in total. The van der Waals surface area contributed by atoms with Gasteiger partial charge in [-0.25, -0.2) is 0 Å². The Labute approximate surface area is 85.5 Å². The summed E-state index contributed by atoms with van der Waals surface area (Å²) in [5, 5.41) is 0. The summed E-state index contributed by atoms with van der Waals surface area (Å²) >= 11 is 0. The van der Waals surface area contributed by atoms with Crippen molar-refractivity contribution >= 4 is 5.97 Å². The summed E-state index contributed by atoms with van der Waals surface area (Å²) in [6.07, 6.45) is -0.319. The molecule has 0 aliphatic carbocycles. The zero-order chi connectivity index (χ0) is 11.1. The summed E-state index contributed by atoms with van der Waals surface area (Å²) in [5.74, 6) is -0.477. The largest absolute Gasteiger partial charge is 0.460 e. The van der Waals surface area contributed by atoms with E-state index in [-0.39, 0.29) is 24.1 Å². The van der Waals surface area contributed by atoms with Gasteiger partial charge in [-0.15, -0.1) is 0 Å². The maximum absolute atomic E-state index is 11.4. The number of hydrogen-bond acceptors (Lipinski definition) is 4. The molecule has 0 radical (unpaired) electrons. The summed E-state index contributed by atoms with van der Waals surface area (Å²) in [6.45, 7) is 5.83. The zero-order valence-corrected chi connectivity index (χ0v) is 9.57. The second-order valence-electron chi connectivity index (χ2n) is 3.44. The summed E-state index contributed by atoms with van der Waals surface area (Å²) in [5.41, 5.74) is 0. The number of esters is 1. The van der Waals surface area contributed by atoms with Crippen molar-refractivity contribution in [2.75, 3.05) is 20.8 Å². The molecule has 0 rings (SSSR count). The van der Waals surface area contributed by atoms with E-state index >= 15 is 0 Å². The third-order valence-electron chi connectivity index (χ3n) is 2.15. The molecule has 0 saturated carbocycles. The van der Waals surface area contributed by atoms with Crippen LogP contribution in [0, 0.1) is 5.92 Å². The van der Waals surface area contributed by atoms with E-state index in [4.69, 9.17) is 14.2 Å². The van der Waals surface area contributed by atoms with Crippen molar-refractivity contribution in [2.24, 2.45) is 5.92 Å². The molecule has 0 aromatic heterocycles. The smallest absolute Gasteiger partial charge is 0.311 e. The fourth-order valence-corrected chi connectivity index (χ4v) is 0.905. The van der Waals surface area contributed by atoms with Crippen LogP contribution >= 0.6 is 0 Å². The monoisotopic (exact) mass is 204 g/mol. The molecule has 0 N–H and O–H groups in total. The van der Waals surface area contributed by atoms with Gasteiger partial charge in [-0.2, -0.15) is 0 Å². The summed E-state index contributed by atoms with van der Waals surface area (Å²) in [6, 6.07) is 0. The van der Waals surface area contributed by atoms with Crippen molar-refractivity contribution < 1.29 is 19.0 Å². The van der Waals surface area contributed by atoms with Gasteiger partial charge >= 0.3 is 5.97 Å². The number of methoxy groups -OCH3 is 2. The highest BCUT2D eigenvalue weighted by atomic mass is 16.6. The Morgan fingerprint density at radius 3 is 2.14 bits per heavy atom. The van der Waals surface area contributed by atoms with E-state index in [1.165, 1.54) is 0 Å². The second-order valence-corrected chi connectivity index (χ2v) is 3.44. The van der Waals surface area contributed by atoms with Crippen molar-refractivity contribution in [3.05, 3.63) is 0 Å². The van der Waals surface area contributed by atoms with Crippen LogP contribution in [0.15, 0.2) is 0 Å². The fraction of sp³-hybridized carbons (Fsp3) is 0.900. The topological polar surface area (TPSA) is 44.8 Å². The van der Waals surface area contributed by atoms with Crippen molar-refractivity contribution in [1.29, 1.82) is 0 Å². The third-order valence-corrected chi connectivity index (χ3v) is 2.15. The lowest BCUT2D eigenvalue weighted by Crippen LogP contribution is -2.31. The van der Waals surface area contributed by atoms with E-state index in [9.17, 15) is 4.79 Å². The maximum Gasteiger partial charge on any atom is 0.311 e. The normalized spacial score (nSPS) is 17.2. The van der Waals surface area contributed by atoms with Gasteiger partial charge in [0.2, 0.25) is 0 Å². The Hall–Kier alpha value is -0.610. The average Bonchev–Trinajstić information content (AvgIpc) is 2.16. The van der Waals surface area contributed by atoms with Crippen LogP contribution in [-0.2, 0) is 19.0 Å². The van der Waals surface area contributed by atoms with Crippen LogP contribution in [-0.4, -0.2) is 39.0 Å². The lowest BCUT2D eigenvalue weighted by Gasteiger charge is -2.20. The van der Waals surface area contributed by atoms with Gasteiger partial charge in [0.25, 0.3) is 0 Å². The highest BCUT2D eigenvalue weighted by Gasteiger charge is 2.20. The first-order valence-electron chi connectivity index (χ1n) is 4.75. The molecule has 4 heteroatoms. The Kier molecular flexibility index (Phi) is 6.49. The van der Waals surface area contributed by atoms with Crippen LogP contribution in [0.4, 0.5) is 0 Å². The van der Waals surface area contributed by atoms with E-state index in [0.29, 0.717) is 6.61 Å². The predicted octanol–water partition coefficient (Wildman–Crippen LogP) is 1.24. The van der Waals surface area contributed by atoms with E-state index in [0.717, 1.165) is 0 Å². The minimum atomic E-state index is -0.247. The molecular weight excluding hydrogens is 184 g/mol. The minimum Gasteiger partial charge on any atom is -0.460 e. The van der Waals surface area contributed by atoms with Gasteiger partial charge in [-0.1, -0.05) is 0 Å². The molecule has 0 fully saturated rings. The van der Waals surface area contributed by atoms with Crippen molar-refractivity contribution in [1.82, 2.24) is 0 Å². The van der Waals surface area contributed by atoms with E-state index in [2.05, 4.69) is 0 Å². The van der Waals surface area contributed by atoms with Gasteiger partial charge in [0.15, 0.2) is 0 Å². The molecular formula is C10H20O4. The standard InChI is InChI=1S/C10H20O4/c1-7(6-12-4)10(11)14-9(3)8(2)13-5/h7-9H,6H2,1-5H3. The number of hydrogen-bond donors (Lipinski definition) is 0. The molecule has 0 amide bonds.